The van der Waals surface area contributed by atoms with Crippen molar-refractivity contribution in [3.05, 3.63) is 34.9 Å². The van der Waals surface area contributed by atoms with Gasteiger partial charge in [-0.25, -0.2) is 0 Å². The molecular weight excluding hydrogens is 515 g/mol. The van der Waals surface area contributed by atoms with Crippen molar-refractivity contribution in [2.24, 2.45) is 4.99 Å². The van der Waals surface area contributed by atoms with Crippen LogP contribution in [0, 0.1) is 0 Å². The number of hydrogen-bond donors (Lipinski definition) is 1. The fourth-order valence-corrected chi connectivity index (χ4v) is 4.20. The lowest BCUT2D eigenvalue weighted by Crippen LogP contribution is -2.47. The van der Waals surface area contributed by atoms with Crippen LogP contribution in [-0.2, 0) is 9.47 Å². The van der Waals surface area contributed by atoms with Crippen molar-refractivity contribution in [2.75, 3.05) is 59.1 Å². The zero-order chi connectivity index (χ0) is 20.5. The number of piperidine rings is 1. The molecule has 0 bridgehead atoms. The molecule has 1 atom stereocenters. The number of benzene rings is 1. The molecule has 1 aromatic carbocycles. The molecular formula is C22H36ClIN4O2. The fraction of sp³-hybridized carbons (Fsp3) is 0.682. The highest BCUT2D eigenvalue weighted by Gasteiger charge is 2.25. The first-order valence-corrected chi connectivity index (χ1v) is 11.3. The Kier molecular flexibility index (Phi) is 11.7. The van der Waals surface area contributed by atoms with E-state index in [1.807, 2.05) is 12.1 Å². The molecule has 2 saturated heterocycles. The van der Waals surface area contributed by atoms with Crippen LogP contribution in [-0.4, -0.2) is 81.0 Å². The Balaban J connectivity index is 0.00000320. The summed E-state index contributed by atoms with van der Waals surface area (Å²) in [5, 5.41) is 4.26. The van der Waals surface area contributed by atoms with Crippen LogP contribution in [0.5, 0.6) is 0 Å². The minimum Gasteiger partial charge on any atom is -0.379 e. The van der Waals surface area contributed by atoms with E-state index in [4.69, 9.17) is 26.1 Å². The zero-order valence-electron chi connectivity index (χ0n) is 18.2. The second-order valence-corrected chi connectivity index (χ2v) is 7.99. The molecule has 2 fully saturated rings. The van der Waals surface area contributed by atoms with E-state index in [-0.39, 0.29) is 30.0 Å². The predicted octanol–water partition coefficient (Wildman–Crippen LogP) is 3.80. The van der Waals surface area contributed by atoms with Crippen LogP contribution >= 0.6 is 35.6 Å². The topological polar surface area (TPSA) is 49.3 Å². The first kappa shape index (κ1) is 25.6. The second kappa shape index (κ2) is 13.7. The average Bonchev–Trinajstić information content (AvgIpc) is 2.76. The third-order valence-electron chi connectivity index (χ3n) is 5.63. The van der Waals surface area contributed by atoms with E-state index in [0.29, 0.717) is 6.10 Å². The molecule has 2 aliphatic rings. The summed E-state index contributed by atoms with van der Waals surface area (Å²) in [5.74, 6) is 1.01. The molecule has 0 saturated carbocycles. The van der Waals surface area contributed by atoms with Crippen molar-refractivity contribution in [3.8, 4) is 0 Å². The second-order valence-electron chi connectivity index (χ2n) is 7.55. The molecule has 0 amide bonds. The number of morpholine rings is 1. The van der Waals surface area contributed by atoms with Gasteiger partial charge in [-0.05, 0) is 44.4 Å². The van der Waals surface area contributed by atoms with Crippen LogP contribution in [0.4, 0.5) is 0 Å². The third-order valence-corrected chi connectivity index (χ3v) is 5.89. The Morgan fingerprint density at radius 1 is 1.17 bits per heavy atom. The number of halogens is 2. The number of likely N-dealkylation sites (tertiary alicyclic amines) is 1. The van der Waals surface area contributed by atoms with E-state index in [0.717, 1.165) is 82.9 Å². The number of hydrogen-bond acceptors (Lipinski definition) is 4. The molecule has 6 nitrogen and oxygen atoms in total. The molecule has 0 aliphatic carbocycles. The molecule has 170 valence electrons. The van der Waals surface area contributed by atoms with Gasteiger partial charge in [0.05, 0.1) is 31.9 Å². The first-order valence-electron chi connectivity index (χ1n) is 10.9. The van der Waals surface area contributed by atoms with Gasteiger partial charge in [0.1, 0.15) is 0 Å². The average molecular weight is 551 g/mol. The van der Waals surface area contributed by atoms with Crippen molar-refractivity contribution < 1.29 is 9.47 Å². The van der Waals surface area contributed by atoms with Crippen molar-refractivity contribution in [3.63, 3.8) is 0 Å². The lowest BCUT2D eigenvalue weighted by atomic mass is 10.0. The third kappa shape index (κ3) is 7.51. The summed E-state index contributed by atoms with van der Waals surface area (Å²) in [7, 11) is 0. The summed E-state index contributed by atoms with van der Waals surface area (Å²) in [4.78, 5) is 9.90. The Morgan fingerprint density at radius 2 is 1.83 bits per heavy atom. The summed E-state index contributed by atoms with van der Waals surface area (Å²) in [6.07, 6.45) is 2.50. The van der Waals surface area contributed by atoms with E-state index in [1.165, 1.54) is 5.56 Å². The highest BCUT2D eigenvalue weighted by molar-refractivity contribution is 14.0. The van der Waals surface area contributed by atoms with Gasteiger partial charge in [0.25, 0.3) is 0 Å². The van der Waals surface area contributed by atoms with Gasteiger partial charge in [-0.3, -0.25) is 9.89 Å². The lowest BCUT2D eigenvalue weighted by molar-refractivity contribution is 0.0177. The Labute approximate surface area is 203 Å². The van der Waals surface area contributed by atoms with E-state index in [1.54, 1.807) is 0 Å². The van der Waals surface area contributed by atoms with Crippen LogP contribution in [0.1, 0.15) is 38.3 Å². The smallest absolute Gasteiger partial charge is 0.193 e. The number of guanidine groups is 1. The maximum atomic E-state index is 6.12. The van der Waals surface area contributed by atoms with Crippen LogP contribution in [0.25, 0.3) is 0 Å². The molecule has 2 heterocycles. The molecule has 0 aromatic heterocycles. The van der Waals surface area contributed by atoms with Crippen LogP contribution in [0.15, 0.2) is 29.3 Å². The summed E-state index contributed by atoms with van der Waals surface area (Å²) in [5.41, 5.74) is 1.26. The highest BCUT2D eigenvalue weighted by Crippen LogP contribution is 2.24. The standard InChI is InChI=1S/C22H35ClN4O2.HI/c1-3-24-22(27-11-9-20(10-12-27)29-4-2)25-17-21(26-13-15-28-16-14-26)18-5-7-19(23)8-6-18;/h5-8,20-21H,3-4,9-17H2,1-2H3,(H,24,25);1H. The van der Waals surface area contributed by atoms with E-state index in [9.17, 15) is 0 Å². The van der Waals surface area contributed by atoms with E-state index < -0.39 is 0 Å². The van der Waals surface area contributed by atoms with E-state index >= 15 is 0 Å². The highest BCUT2D eigenvalue weighted by atomic mass is 127. The molecule has 1 unspecified atom stereocenters. The van der Waals surface area contributed by atoms with Gasteiger partial charge in [0.15, 0.2) is 5.96 Å². The van der Waals surface area contributed by atoms with Gasteiger partial charge >= 0.3 is 0 Å². The fourth-order valence-electron chi connectivity index (χ4n) is 4.07. The number of aliphatic imine (C=N–C) groups is 1. The summed E-state index contributed by atoms with van der Waals surface area (Å²) in [6.45, 7) is 12.0. The molecule has 8 heteroatoms. The van der Waals surface area contributed by atoms with Crippen molar-refractivity contribution in [2.45, 2.75) is 38.8 Å². The summed E-state index contributed by atoms with van der Waals surface area (Å²) < 4.78 is 11.4. The maximum absolute atomic E-state index is 6.12. The monoisotopic (exact) mass is 550 g/mol. The quantitative estimate of drug-likeness (QED) is 0.318. The molecule has 1 aromatic rings. The van der Waals surface area contributed by atoms with Crippen molar-refractivity contribution >= 4 is 41.5 Å². The Bertz CT molecular complexity index is 633. The van der Waals surface area contributed by atoms with Gasteiger partial charge in [-0.15, -0.1) is 24.0 Å². The SMILES string of the molecule is CCNC(=NCC(c1ccc(Cl)cc1)N1CCOCC1)N1CCC(OCC)CC1.I. The van der Waals surface area contributed by atoms with Gasteiger partial charge in [-0.2, -0.15) is 0 Å². The summed E-state index contributed by atoms with van der Waals surface area (Å²) >= 11 is 6.12. The van der Waals surface area contributed by atoms with Crippen LogP contribution in [0.3, 0.4) is 0 Å². The molecule has 30 heavy (non-hydrogen) atoms. The van der Waals surface area contributed by atoms with Crippen molar-refractivity contribution in [1.29, 1.82) is 0 Å². The largest absolute Gasteiger partial charge is 0.379 e. The normalized spacial score (nSPS) is 20.0. The predicted molar refractivity (Wildman–Crippen MR) is 134 cm³/mol. The van der Waals surface area contributed by atoms with Crippen molar-refractivity contribution in [1.82, 2.24) is 15.1 Å². The minimum atomic E-state index is 0. The zero-order valence-corrected chi connectivity index (χ0v) is 21.3. The van der Waals surface area contributed by atoms with Gasteiger partial charge in [0.2, 0.25) is 0 Å². The molecule has 0 spiro atoms. The van der Waals surface area contributed by atoms with Gasteiger partial charge in [-0.1, -0.05) is 23.7 Å². The van der Waals surface area contributed by atoms with E-state index in [2.05, 4.69) is 41.1 Å². The number of ether oxygens (including phenoxy) is 2. The molecule has 3 rings (SSSR count). The van der Waals surface area contributed by atoms with Crippen LogP contribution in [0.2, 0.25) is 5.02 Å². The number of nitrogens with one attached hydrogen (secondary N) is 1. The number of rotatable bonds is 7. The maximum Gasteiger partial charge on any atom is 0.193 e. The van der Waals surface area contributed by atoms with Crippen LogP contribution < -0.4 is 5.32 Å². The molecule has 2 aliphatic heterocycles. The Hall–Kier alpha value is -0.610. The Morgan fingerprint density at radius 3 is 2.43 bits per heavy atom. The molecule has 0 radical (unpaired) electrons. The lowest BCUT2D eigenvalue weighted by Gasteiger charge is -2.36. The minimum absolute atomic E-state index is 0. The first-order chi connectivity index (χ1) is 14.2. The molecule has 1 N–H and O–H groups in total. The van der Waals surface area contributed by atoms with Gasteiger partial charge in [0, 0.05) is 44.4 Å². The summed E-state index contributed by atoms with van der Waals surface area (Å²) in [6, 6.07) is 8.41. The van der Waals surface area contributed by atoms with Gasteiger partial charge < -0.3 is 19.7 Å². The number of nitrogens with zero attached hydrogens (tertiary/aromatic N) is 3.